The fraction of sp³-hybridized carbons (Fsp3) is 0.567. The highest BCUT2D eigenvalue weighted by Crippen LogP contribution is 2.44. The third-order valence-corrected chi connectivity index (χ3v) is 8.05. The lowest BCUT2D eigenvalue weighted by molar-refractivity contribution is -0.178. The van der Waals surface area contributed by atoms with Gasteiger partial charge in [0.2, 0.25) is 16.8 Å². The van der Waals surface area contributed by atoms with Gasteiger partial charge in [0, 0.05) is 6.42 Å². The van der Waals surface area contributed by atoms with Gasteiger partial charge in [-0.05, 0) is 55.7 Å². The summed E-state index contributed by atoms with van der Waals surface area (Å²) in [4.78, 5) is 39.1. The van der Waals surface area contributed by atoms with E-state index in [2.05, 4.69) is 21.9 Å². The van der Waals surface area contributed by atoms with Crippen molar-refractivity contribution in [1.29, 1.82) is 0 Å². The van der Waals surface area contributed by atoms with Gasteiger partial charge < -0.3 is 18.8 Å². The highest BCUT2D eigenvalue weighted by Gasteiger charge is 2.49. The number of alkyl halides is 1. The van der Waals surface area contributed by atoms with E-state index < -0.39 is 35.5 Å². The quantitative estimate of drug-likeness (QED) is 0.102. The summed E-state index contributed by atoms with van der Waals surface area (Å²) in [7, 11) is 0. The molecule has 3 aromatic rings. The van der Waals surface area contributed by atoms with Gasteiger partial charge in [0.05, 0.1) is 32.2 Å². The Morgan fingerprint density at radius 1 is 1.17 bits per heavy atom. The molecule has 1 aliphatic rings. The van der Waals surface area contributed by atoms with Crippen LogP contribution in [0.3, 0.4) is 0 Å². The van der Waals surface area contributed by atoms with Crippen LogP contribution in [-0.2, 0) is 25.5 Å². The Morgan fingerprint density at radius 2 is 1.93 bits per heavy atom. The summed E-state index contributed by atoms with van der Waals surface area (Å²) in [6, 6.07) is 8.55. The molecule has 41 heavy (non-hydrogen) atoms. The molecule has 1 aliphatic carbocycles. The summed E-state index contributed by atoms with van der Waals surface area (Å²) in [5.74, 6) is -1.65. The Balaban J connectivity index is 1.56. The molecule has 0 saturated heterocycles. The van der Waals surface area contributed by atoms with Crippen LogP contribution in [0.2, 0.25) is 5.28 Å². The number of imidazole rings is 1. The molecule has 2 aromatic heterocycles. The first-order chi connectivity index (χ1) is 19.7. The lowest BCUT2D eigenvalue weighted by Crippen LogP contribution is -2.52. The molecular weight excluding hydrogens is 551 g/mol. The van der Waals surface area contributed by atoms with E-state index in [9.17, 15) is 9.59 Å². The number of nitrogens with zero attached hydrogens (tertiary/aromatic N) is 4. The van der Waals surface area contributed by atoms with E-state index in [1.54, 1.807) is 18.4 Å². The smallest absolute Gasteiger partial charge is 0.346 e. The van der Waals surface area contributed by atoms with Crippen LogP contribution in [0.4, 0.5) is 4.39 Å². The van der Waals surface area contributed by atoms with Crippen molar-refractivity contribution in [2.45, 2.75) is 77.6 Å². The first kappa shape index (κ1) is 30.8. The first-order valence-electron chi connectivity index (χ1n) is 14.2. The highest BCUT2D eigenvalue weighted by molar-refractivity contribution is 6.28. The molecule has 1 unspecified atom stereocenters. The summed E-state index contributed by atoms with van der Waals surface area (Å²) < 4.78 is 34.8. The SMILES string of the molecule is CCCCCOc1nc(Cl)nc2c1ncn2[C@@H]1C[C@H](COC(Cc2ccccc2)(C(C)=O)C(=O)OCC)[C@@H](C)[C@@H]1F. The number of carbonyl (C=O) groups excluding carboxylic acids is 2. The van der Waals surface area contributed by atoms with Gasteiger partial charge >= 0.3 is 5.97 Å². The number of ketones is 1. The molecule has 1 aromatic carbocycles. The molecule has 0 N–H and O–H groups in total. The van der Waals surface area contributed by atoms with Gasteiger partial charge in [-0.3, -0.25) is 4.79 Å². The third-order valence-electron chi connectivity index (χ3n) is 7.88. The zero-order chi connectivity index (χ0) is 29.6. The van der Waals surface area contributed by atoms with Crippen LogP contribution < -0.4 is 4.74 Å². The normalized spacial score (nSPS) is 22.0. The number of unbranched alkanes of at least 4 members (excludes halogenated alkanes) is 2. The van der Waals surface area contributed by atoms with Crippen LogP contribution in [0, 0.1) is 11.8 Å². The van der Waals surface area contributed by atoms with Crippen molar-refractivity contribution in [3.8, 4) is 5.88 Å². The minimum atomic E-state index is -1.83. The second-order valence-electron chi connectivity index (χ2n) is 10.6. The minimum absolute atomic E-state index is 0.00251. The molecule has 9 nitrogen and oxygen atoms in total. The number of benzene rings is 1. The summed E-state index contributed by atoms with van der Waals surface area (Å²) in [6.07, 6.45) is 3.63. The molecule has 0 bridgehead atoms. The first-order valence-corrected chi connectivity index (χ1v) is 14.6. The van der Waals surface area contributed by atoms with E-state index in [1.807, 2.05) is 30.3 Å². The molecule has 0 aliphatic heterocycles. The third kappa shape index (κ3) is 6.70. The summed E-state index contributed by atoms with van der Waals surface area (Å²) >= 11 is 6.21. The second kappa shape index (κ2) is 13.7. The number of hydrogen-bond acceptors (Lipinski definition) is 8. The zero-order valence-electron chi connectivity index (χ0n) is 24.0. The standard InChI is InChI=1S/C30H38ClFN4O5/c1-5-7-11-14-40-27-25-26(34-29(31)35-27)36(18-33-25)23-15-22(19(3)24(23)32)17-41-30(20(4)37,28(38)39-6-2)16-21-12-9-8-10-13-21/h8-10,12-13,18-19,22-24H,5-7,11,14-17H2,1-4H3/t19-,22-,23-,24+,30?/m1/s1. The van der Waals surface area contributed by atoms with Crippen molar-refractivity contribution < 1.29 is 28.2 Å². The molecule has 1 fully saturated rings. The summed E-state index contributed by atoms with van der Waals surface area (Å²) in [6.45, 7) is 7.47. The number of fused-ring (bicyclic) bond motifs is 1. The number of aromatic nitrogens is 4. The zero-order valence-corrected chi connectivity index (χ0v) is 24.8. The number of carbonyl (C=O) groups is 2. The van der Waals surface area contributed by atoms with Crippen molar-refractivity contribution in [2.24, 2.45) is 11.8 Å². The molecule has 4 rings (SSSR count). The molecule has 0 amide bonds. The van der Waals surface area contributed by atoms with E-state index in [1.165, 1.54) is 13.3 Å². The van der Waals surface area contributed by atoms with E-state index in [0.717, 1.165) is 24.8 Å². The van der Waals surface area contributed by atoms with Crippen molar-refractivity contribution in [3.05, 3.63) is 47.5 Å². The van der Waals surface area contributed by atoms with Gasteiger partial charge in [0.15, 0.2) is 16.9 Å². The van der Waals surface area contributed by atoms with Crippen LogP contribution in [0.15, 0.2) is 36.7 Å². The predicted octanol–water partition coefficient (Wildman–Crippen LogP) is 5.73. The van der Waals surface area contributed by atoms with Crippen LogP contribution in [0.1, 0.15) is 65.0 Å². The Bertz CT molecular complexity index is 1340. The average Bonchev–Trinajstić information content (AvgIpc) is 3.49. The molecule has 0 radical (unpaired) electrons. The molecule has 222 valence electrons. The Labute approximate surface area is 244 Å². The van der Waals surface area contributed by atoms with Crippen molar-refractivity contribution in [3.63, 3.8) is 0 Å². The number of halogens is 2. The monoisotopic (exact) mass is 588 g/mol. The highest BCUT2D eigenvalue weighted by atomic mass is 35.5. The van der Waals surface area contributed by atoms with E-state index in [-0.39, 0.29) is 36.7 Å². The summed E-state index contributed by atoms with van der Waals surface area (Å²) in [5.41, 5.74) is -0.254. The van der Waals surface area contributed by atoms with Crippen LogP contribution in [0.5, 0.6) is 5.88 Å². The van der Waals surface area contributed by atoms with Gasteiger partial charge in [-0.25, -0.2) is 14.2 Å². The van der Waals surface area contributed by atoms with Gasteiger partial charge in [0.25, 0.3) is 0 Å². The number of rotatable bonds is 14. The van der Waals surface area contributed by atoms with E-state index in [4.69, 9.17) is 25.8 Å². The largest absolute Gasteiger partial charge is 0.476 e. The molecule has 11 heteroatoms. The maximum absolute atomic E-state index is 15.8. The second-order valence-corrected chi connectivity index (χ2v) is 11.0. The van der Waals surface area contributed by atoms with Crippen molar-refractivity contribution >= 4 is 34.5 Å². The Morgan fingerprint density at radius 3 is 2.61 bits per heavy atom. The van der Waals surface area contributed by atoms with Gasteiger partial charge in [-0.1, -0.05) is 57.0 Å². The minimum Gasteiger partial charge on any atom is -0.476 e. The maximum atomic E-state index is 15.8. The van der Waals surface area contributed by atoms with Gasteiger partial charge in [0.1, 0.15) is 6.17 Å². The fourth-order valence-corrected chi connectivity index (χ4v) is 5.57. The van der Waals surface area contributed by atoms with Crippen molar-refractivity contribution in [1.82, 2.24) is 19.5 Å². The average molecular weight is 589 g/mol. The van der Waals surface area contributed by atoms with Crippen molar-refractivity contribution in [2.75, 3.05) is 19.8 Å². The van der Waals surface area contributed by atoms with Crippen LogP contribution in [-0.4, -0.2) is 62.9 Å². The Kier molecular flexibility index (Phi) is 10.3. The number of Topliss-reactive ketones (excluding diaryl/α,β-unsaturated/α-hetero) is 1. The topological polar surface area (TPSA) is 105 Å². The molecule has 2 heterocycles. The van der Waals surface area contributed by atoms with E-state index >= 15 is 4.39 Å². The number of esters is 1. The fourth-order valence-electron chi connectivity index (χ4n) is 5.41. The number of hydrogen-bond donors (Lipinski definition) is 0. The molecule has 5 atom stereocenters. The number of ether oxygens (including phenoxy) is 3. The Hall–Kier alpha value is -3.11. The molecular formula is C30H38ClFN4O5. The predicted molar refractivity (Wildman–Crippen MR) is 153 cm³/mol. The lowest BCUT2D eigenvalue weighted by atomic mass is 9.89. The summed E-state index contributed by atoms with van der Waals surface area (Å²) in [5, 5.41) is -0.00679. The van der Waals surface area contributed by atoms with Gasteiger partial charge in [-0.15, -0.1) is 0 Å². The maximum Gasteiger partial charge on any atom is 0.346 e. The van der Waals surface area contributed by atoms with E-state index in [0.29, 0.717) is 24.2 Å². The molecule has 1 saturated carbocycles. The lowest BCUT2D eigenvalue weighted by Gasteiger charge is -2.31. The van der Waals surface area contributed by atoms with Gasteiger partial charge in [-0.2, -0.15) is 9.97 Å². The molecule has 0 spiro atoms. The van der Waals surface area contributed by atoms with Crippen LogP contribution >= 0.6 is 11.6 Å². The van der Waals surface area contributed by atoms with Crippen LogP contribution in [0.25, 0.3) is 11.2 Å².